The van der Waals surface area contributed by atoms with E-state index in [4.69, 9.17) is 0 Å². The van der Waals surface area contributed by atoms with E-state index in [1.54, 1.807) is 13.0 Å². The number of aromatic nitrogens is 2. The topological polar surface area (TPSA) is 68.5 Å². The summed E-state index contributed by atoms with van der Waals surface area (Å²) in [5.74, 6) is 0.123. The number of pyridine rings is 1. The molecule has 2 aromatic rings. The molecule has 108 valence electrons. The minimum absolute atomic E-state index is 0.0239. The normalized spacial score (nSPS) is 12.2. The molecule has 0 aromatic carbocycles. The highest BCUT2D eigenvalue weighted by Crippen LogP contribution is 2.25. The molecule has 0 radical (unpaired) electrons. The Morgan fingerprint density at radius 3 is 2.50 bits per heavy atom. The minimum atomic E-state index is -3.29. The van der Waals surface area contributed by atoms with Gasteiger partial charge in [0.1, 0.15) is 0 Å². The Hall–Kier alpha value is -1.69. The molecule has 0 fully saturated rings. The fraction of sp³-hybridized carbons (Fsp3) is 0.429. The van der Waals surface area contributed by atoms with Gasteiger partial charge < -0.3 is 0 Å². The smallest absolute Gasteiger partial charge is 0.177 e. The van der Waals surface area contributed by atoms with Gasteiger partial charge in [-0.15, -0.1) is 0 Å². The van der Waals surface area contributed by atoms with Crippen LogP contribution in [0.1, 0.15) is 49.2 Å². The first-order valence-corrected chi connectivity index (χ1v) is 8.40. The quantitative estimate of drug-likeness (QED) is 0.812. The molecular weight excluding hydrogens is 276 g/mol. The van der Waals surface area contributed by atoms with Crippen LogP contribution in [0.2, 0.25) is 0 Å². The van der Waals surface area contributed by atoms with Gasteiger partial charge in [-0.3, -0.25) is 4.79 Å². The van der Waals surface area contributed by atoms with E-state index in [0.717, 1.165) is 6.26 Å². The molecule has 20 heavy (non-hydrogen) atoms. The molecule has 5 nitrogen and oxygen atoms in total. The summed E-state index contributed by atoms with van der Waals surface area (Å²) in [5.41, 5.74) is 1.97. The predicted octanol–water partition coefficient (Wildman–Crippen LogP) is 2.45. The molecule has 0 amide bonds. The summed E-state index contributed by atoms with van der Waals surface area (Å²) in [4.78, 5) is 12.3. The highest BCUT2D eigenvalue weighted by atomic mass is 32.2. The van der Waals surface area contributed by atoms with E-state index in [1.807, 2.05) is 13.8 Å². The molecule has 0 aliphatic carbocycles. The molecule has 6 heteroatoms. The lowest BCUT2D eigenvalue weighted by atomic mass is 10.0. The van der Waals surface area contributed by atoms with Crippen molar-refractivity contribution in [2.75, 3.05) is 6.26 Å². The third-order valence-electron chi connectivity index (χ3n) is 3.20. The molecule has 0 bridgehead atoms. The van der Waals surface area contributed by atoms with Crippen LogP contribution in [-0.4, -0.2) is 30.1 Å². The van der Waals surface area contributed by atoms with Crippen LogP contribution < -0.4 is 0 Å². The summed E-state index contributed by atoms with van der Waals surface area (Å²) < 4.78 is 24.7. The molecular formula is C14H18N2O3S. The monoisotopic (exact) mass is 294 g/mol. The van der Waals surface area contributed by atoms with Crippen molar-refractivity contribution in [3.05, 3.63) is 29.6 Å². The number of hydrogen-bond donors (Lipinski definition) is 0. The number of ketones is 1. The van der Waals surface area contributed by atoms with Crippen LogP contribution in [0, 0.1) is 0 Å². The van der Waals surface area contributed by atoms with E-state index in [1.165, 1.54) is 16.8 Å². The van der Waals surface area contributed by atoms with Crippen LogP contribution in [-0.2, 0) is 9.84 Å². The first-order valence-electron chi connectivity index (χ1n) is 6.51. The second-order valence-electron chi connectivity index (χ2n) is 5.16. The lowest BCUT2D eigenvalue weighted by molar-refractivity contribution is 0.0988. The van der Waals surface area contributed by atoms with Gasteiger partial charge in [-0.1, -0.05) is 20.8 Å². The maximum absolute atomic E-state index is 12.1. The largest absolute Gasteiger partial charge is 0.294 e. The van der Waals surface area contributed by atoms with Crippen LogP contribution in [0.3, 0.4) is 0 Å². The summed E-state index contributed by atoms with van der Waals surface area (Å²) in [5, 5.41) is 4.39. The van der Waals surface area contributed by atoms with Gasteiger partial charge >= 0.3 is 0 Å². The number of carbonyl (C=O) groups is 1. The molecule has 0 atom stereocenters. The van der Waals surface area contributed by atoms with Crippen LogP contribution in [0.15, 0.2) is 23.2 Å². The number of rotatable bonds is 4. The number of nitrogens with zero attached hydrogens (tertiary/aromatic N) is 2. The van der Waals surface area contributed by atoms with Crippen molar-refractivity contribution >= 4 is 21.1 Å². The lowest BCUT2D eigenvalue weighted by Gasteiger charge is -2.03. The zero-order valence-corrected chi connectivity index (χ0v) is 12.9. The first kappa shape index (κ1) is 14.7. The molecule has 0 aliphatic heterocycles. The van der Waals surface area contributed by atoms with Crippen molar-refractivity contribution in [3.8, 4) is 0 Å². The van der Waals surface area contributed by atoms with Gasteiger partial charge in [0.25, 0.3) is 0 Å². The maximum atomic E-state index is 12.1. The van der Waals surface area contributed by atoms with Gasteiger partial charge in [0.2, 0.25) is 0 Å². The number of hydrogen-bond acceptors (Lipinski definition) is 4. The third kappa shape index (κ3) is 2.47. The Labute approximate surface area is 118 Å². The van der Waals surface area contributed by atoms with Crippen LogP contribution in [0.25, 0.3) is 5.52 Å². The fourth-order valence-electron chi connectivity index (χ4n) is 2.13. The van der Waals surface area contributed by atoms with Crippen LogP contribution in [0.5, 0.6) is 0 Å². The minimum Gasteiger partial charge on any atom is -0.294 e. The fourth-order valence-corrected chi connectivity index (χ4v) is 2.74. The van der Waals surface area contributed by atoms with Gasteiger partial charge in [0.15, 0.2) is 15.6 Å². The van der Waals surface area contributed by atoms with Gasteiger partial charge in [0, 0.05) is 18.9 Å². The summed E-state index contributed by atoms with van der Waals surface area (Å²) >= 11 is 0. The van der Waals surface area contributed by atoms with E-state index in [9.17, 15) is 13.2 Å². The highest BCUT2D eigenvalue weighted by Gasteiger charge is 2.21. The molecule has 0 unspecified atom stereocenters. The molecule has 2 heterocycles. The van der Waals surface area contributed by atoms with Gasteiger partial charge in [-0.2, -0.15) is 5.10 Å². The second kappa shape index (κ2) is 5.01. The molecule has 0 spiro atoms. The summed E-state index contributed by atoms with van der Waals surface area (Å²) in [7, 11) is -3.29. The Morgan fingerprint density at radius 2 is 2.00 bits per heavy atom. The zero-order valence-electron chi connectivity index (χ0n) is 12.0. The van der Waals surface area contributed by atoms with Crippen LogP contribution in [0.4, 0.5) is 0 Å². The van der Waals surface area contributed by atoms with Crippen molar-refractivity contribution in [1.82, 2.24) is 9.61 Å². The standard InChI is InChI=1S/C14H18N2O3S/c1-5-12(17)13-11-7-6-10(20(4,18)19)8-16(11)15-14(13)9(2)3/h6-9H,5H2,1-4H3. The lowest BCUT2D eigenvalue weighted by Crippen LogP contribution is -2.02. The summed E-state index contributed by atoms with van der Waals surface area (Å²) in [6.07, 6.45) is 3.01. The van der Waals surface area contributed by atoms with E-state index in [-0.39, 0.29) is 16.6 Å². The average Bonchev–Trinajstić information content (AvgIpc) is 2.75. The SMILES string of the molecule is CCC(=O)c1c(C(C)C)nn2cc(S(C)(=O)=O)ccc12. The van der Waals surface area contributed by atoms with Gasteiger partial charge in [-0.05, 0) is 18.1 Å². The van der Waals surface area contributed by atoms with Crippen molar-refractivity contribution in [2.45, 2.75) is 38.0 Å². The first-order chi connectivity index (χ1) is 9.25. The molecule has 2 rings (SSSR count). The third-order valence-corrected chi connectivity index (χ3v) is 4.30. The zero-order chi connectivity index (χ0) is 15.1. The Bertz CT molecular complexity index is 773. The van der Waals surface area contributed by atoms with Gasteiger partial charge in [-0.25, -0.2) is 12.9 Å². The van der Waals surface area contributed by atoms with Crippen molar-refractivity contribution in [2.24, 2.45) is 0 Å². The molecule has 2 aromatic heterocycles. The van der Waals surface area contributed by atoms with Crippen molar-refractivity contribution in [1.29, 1.82) is 0 Å². The Balaban J connectivity index is 2.78. The summed E-state index contributed by atoms with van der Waals surface area (Å²) in [6.45, 7) is 5.73. The molecule has 0 aliphatic rings. The Kier molecular flexibility index (Phi) is 3.69. The highest BCUT2D eigenvalue weighted by molar-refractivity contribution is 7.90. The number of Topliss-reactive ketones (excluding diaryl/α,β-unsaturated/α-hetero) is 1. The van der Waals surface area contributed by atoms with Crippen molar-refractivity contribution in [3.63, 3.8) is 0 Å². The predicted molar refractivity (Wildman–Crippen MR) is 77.0 cm³/mol. The van der Waals surface area contributed by atoms with Crippen LogP contribution >= 0.6 is 0 Å². The van der Waals surface area contributed by atoms with E-state index in [2.05, 4.69) is 5.10 Å². The summed E-state index contributed by atoms with van der Waals surface area (Å²) in [6, 6.07) is 3.17. The maximum Gasteiger partial charge on any atom is 0.177 e. The average molecular weight is 294 g/mol. The van der Waals surface area contributed by atoms with Crippen molar-refractivity contribution < 1.29 is 13.2 Å². The molecule has 0 N–H and O–H groups in total. The van der Waals surface area contributed by atoms with Gasteiger partial charge in [0.05, 0.1) is 21.7 Å². The molecule has 0 saturated carbocycles. The van der Waals surface area contributed by atoms with E-state index >= 15 is 0 Å². The van der Waals surface area contributed by atoms with E-state index < -0.39 is 9.84 Å². The number of sulfone groups is 1. The Morgan fingerprint density at radius 1 is 1.35 bits per heavy atom. The number of fused-ring (bicyclic) bond motifs is 1. The number of carbonyl (C=O) groups excluding carboxylic acids is 1. The van der Waals surface area contributed by atoms with E-state index in [0.29, 0.717) is 23.2 Å². The molecule has 0 saturated heterocycles. The second-order valence-corrected chi connectivity index (χ2v) is 7.17.